The first-order chi connectivity index (χ1) is 31.2. The molecule has 2 saturated heterocycles. The number of carbonyl (C=O) groups is 10. The highest BCUT2D eigenvalue weighted by atomic mass is 16.7. The van der Waals surface area contributed by atoms with E-state index in [0.29, 0.717) is 0 Å². The van der Waals surface area contributed by atoms with Crippen molar-refractivity contribution in [2.24, 2.45) is 0 Å². The topological polar surface area (TPSA) is 263 Å². The molecule has 0 spiro atoms. The van der Waals surface area contributed by atoms with Crippen LogP contribution in [0, 0.1) is 23.7 Å². The Hall–Kier alpha value is -7.42. The van der Waals surface area contributed by atoms with Crippen LogP contribution in [-0.2, 0) is 85.7 Å². The normalized spacial score (nSPS) is 25.0. The van der Waals surface area contributed by atoms with E-state index in [4.69, 9.17) is 47.4 Å². The van der Waals surface area contributed by atoms with Gasteiger partial charge in [0.15, 0.2) is 60.4 Å². The van der Waals surface area contributed by atoms with Gasteiger partial charge in [0.2, 0.25) is 0 Å². The van der Waals surface area contributed by atoms with Crippen molar-refractivity contribution in [2.75, 3.05) is 13.2 Å². The Labute approximate surface area is 377 Å². The van der Waals surface area contributed by atoms with Gasteiger partial charge < -0.3 is 47.4 Å². The number of fused-ring (bicyclic) bond motifs is 2. The molecule has 0 saturated carbocycles. The van der Waals surface area contributed by atoms with E-state index in [9.17, 15) is 47.9 Å². The van der Waals surface area contributed by atoms with Gasteiger partial charge in [-0.25, -0.2) is 0 Å². The molecule has 20 nitrogen and oxygen atoms in total. The van der Waals surface area contributed by atoms with Crippen LogP contribution in [0.2, 0.25) is 0 Å². The molecule has 2 heterocycles. The second-order valence-electron chi connectivity index (χ2n) is 14.9. The van der Waals surface area contributed by atoms with E-state index in [1.807, 2.05) is 0 Å². The van der Waals surface area contributed by atoms with E-state index in [-0.39, 0.29) is 33.4 Å². The van der Waals surface area contributed by atoms with Gasteiger partial charge in [0.1, 0.15) is 25.4 Å². The number of ketones is 2. The Morgan fingerprint density at radius 1 is 0.439 bits per heavy atom. The van der Waals surface area contributed by atoms with Crippen molar-refractivity contribution in [1.29, 1.82) is 0 Å². The molecule has 0 unspecified atom stereocenters. The van der Waals surface area contributed by atoms with Crippen molar-refractivity contribution in [1.82, 2.24) is 0 Å². The zero-order valence-corrected chi connectivity index (χ0v) is 36.8. The van der Waals surface area contributed by atoms with Crippen LogP contribution in [0.3, 0.4) is 0 Å². The minimum atomic E-state index is -1.53. The third-order valence-electron chi connectivity index (χ3n) is 9.75. The molecule has 3 aliphatic rings. The van der Waals surface area contributed by atoms with Gasteiger partial charge in [-0.3, -0.25) is 47.9 Å². The highest BCUT2D eigenvalue weighted by Crippen LogP contribution is 2.34. The largest absolute Gasteiger partial charge is 0.463 e. The fraction of sp³-hybridized carbons (Fsp3) is 0.435. The monoisotopic (exact) mass is 916 g/mol. The molecule has 2 aromatic rings. The lowest BCUT2D eigenvalue weighted by atomic mass is 9.80. The van der Waals surface area contributed by atoms with Crippen molar-refractivity contribution in [3.05, 3.63) is 69.8 Å². The minimum Gasteiger partial charge on any atom is -0.463 e. The molecule has 0 N–H and O–H groups in total. The van der Waals surface area contributed by atoms with Crippen LogP contribution in [0.15, 0.2) is 36.4 Å². The maximum atomic E-state index is 14.7. The standard InChI is InChI=1S/C46H44O20/c1-21(47)57-19-35-43(61-25(5)51)45(63-27(7)53)41(59-23(3)49)33(65-35)17-15-29-11-9-13-31-37(29)40(56)38-30(12-10-14-32(38)39(31)55)16-18-34-42(60-24(4)50)46(64-28(8)54)44(62-26(6)52)36(66-34)20-58-22(2)48/h9-14,33-36,41-46H,19-20H2,1-8H3/t33-,34-,35+,36+,41-,42-,43+,44+,45+,46+/m0/s1. The Balaban J connectivity index is 1.60. The summed E-state index contributed by atoms with van der Waals surface area (Å²) in [6.45, 7) is 7.61. The Morgan fingerprint density at radius 3 is 1.08 bits per heavy atom. The first kappa shape index (κ1) is 49.6. The second-order valence-corrected chi connectivity index (χ2v) is 14.9. The number of ether oxygens (including phenoxy) is 10. The fourth-order valence-electron chi connectivity index (χ4n) is 7.44. The Bertz CT molecular complexity index is 2300. The van der Waals surface area contributed by atoms with Crippen molar-refractivity contribution < 1.29 is 95.3 Å². The summed E-state index contributed by atoms with van der Waals surface area (Å²) in [6, 6.07) is 8.63. The molecular formula is C46H44O20. The molecule has 0 radical (unpaired) electrons. The molecule has 0 aromatic heterocycles. The van der Waals surface area contributed by atoms with Crippen LogP contribution in [0.1, 0.15) is 98.4 Å². The van der Waals surface area contributed by atoms with E-state index < -0.39 is 134 Å². The van der Waals surface area contributed by atoms with Gasteiger partial charge in [0.25, 0.3) is 0 Å². The summed E-state index contributed by atoms with van der Waals surface area (Å²) in [6.07, 6.45) is -14.6. The average molecular weight is 917 g/mol. The van der Waals surface area contributed by atoms with Crippen molar-refractivity contribution in [2.45, 2.75) is 116 Å². The van der Waals surface area contributed by atoms with E-state index in [0.717, 1.165) is 55.4 Å². The zero-order chi connectivity index (χ0) is 48.6. The number of carbonyl (C=O) groups excluding carboxylic acids is 10. The SMILES string of the molecule is CC(=O)OC[C@H]1O[C@@H](C#Cc2cccc3c2C(=O)c2c(C#C[C@@H]4O[C@H](COC(C)=O)[C@@H](OC(C)=O)[C@H](OC(C)=O)[C@H]4OC(C)=O)cccc2C3=O)[C@H](OC(C)=O)[C@@H](OC(C)=O)[C@@H]1OC(C)=O. The van der Waals surface area contributed by atoms with Crippen LogP contribution >= 0.6 is 0 Å². The van der Waals surface area contributed by atoms with E-state index >= 15 is 0 Å². The first-order valence-corrected chi connectivity index (χ1v) is 20.2. The van der Waals surface area contributed by atoms with Crippen molar-refractivity contribution >= 4 is 59.3 Å². The number of benzene rings is 2. The Morgan fingerprint density at radius 2 is 0.758 bits per heavy atom. The number of rotatable bonds is 10. The third kappa shape index (κ3) is 12.0. The zero-order valence-electron chi connectivity index (χ0n) is 36.8. The van der Waals surface area contributed by atoms with Gasteiger partial charge in [-0.15, -0.1) is 0 Å². The minimum absolute atomic E-state index is 0.00768. The third-order valence-corrected chi connectivity index (χ3v) is 9.75. The van der Waals surface area contributed by atoms with E-state index in [1.54, 1.807) is 0 Å². The molecule has 66 heavy (non-hydrogen) atoms. The lowest BCUT2D eigenvalue weighted by Gasteiger charge is -2.42. The van der Waals surface area contributed by atoms with Gasteiger partial charge in [-0.2, -0.15) is 0 Å². The summed E-state index contributed by atoms with van der Waals surface area (Å²) < 4.78 is 55.2. The van der Waals surface area contributed by atoms with Crippen LogP contribution in [-0.4, -0.2) is 134 Å². The number of hydrogen-bond acceptors (Lipinski definition) is 20. The number of hydrogen-bond donors (Lipinski definition) is 0. The smallest absolute Gasteiger partial charge is 0.303 e. The summed E-state index contributed by atoms with van der Waals surface area (Å²) in [7, 11) is 0. The molecule has 348 valence electrons. The first-order valence-electron chi connectivity index (χ1n) is 20.2. The summed E-state index contributed by atoms with van der Waals surface area (Å²) in [5.74, 6) is 3.35. The molecule has 1 aliphatic carbocycles. The molecule has 5 rings (SSSR count). The summed E-state index contributed by atoms with van der Waals surface area (Å²) >= 11 is 0. The van der Waals surface area contributed by atoms with E-state index in [2.05, 4.69) is 23.7 Å². The predicted molar refractivity (Wildman–Crippen MR) is 217 cm³/mol. The Kier molecular flexibility index (Phi) is 16.2. The molecule has 10 atom stereocenters. The van der Waals surface area contributed by atoms with Gasteiger partial charge in [-0.1, -0.05) is 47.9 Å². The molecule has 2 fully saturated rings. The fourth-order valence-corrected chi connectivity index (χ4v) is 7.44. The number of esters is 8. The van der Waals surface area contributed by atoms with Crippen LogP contribution < -0.4 is 0 Å². The maximum absolute atomic E-state index is 14.7. The predicted octanol–water partition coefficient (Wildman–Crippen LogP) is 1.42. The second kappa shape index (κ2) is 21.5. The van der Waals surface area contributed by atoms with Crippen molar-refractivity contribution in [3.63, 3.8) is 0 Å². The molecule has 2 aliphatic heterocycles. The molecule has 2 aromatic carbocycles. The summed E-state index contributed by atoms with van der Waals surface area (Å²) in [4.78, 5) is 126. The van der Waals surface area contributed by atoms with E-state index in [1.165, 1.54) is 36.4 Å². The maximum Gasteiger partial charge on any atom is 0.303 e. The average Bonchev–Trinajstić information content (AvgIpc) is 3.22. The summed E-state index contributed by atoms with van der Waals surface area (Å²) in [5, 5.41) is 0. The van der Waals surface area contributed by atoms with Crippen LogP contribution in [0.4, 0.5) is 0 Å². The van der Waals surface area contributed by atoms with Gasteiger partial charge in [0, 0.05) is 88.8 Å². The lowest BCUT2D eigenvalue weighted by Crippen LogP contribution is -2.62. The van der Waals surface area contributed by atoms with Crippen LogP contribution in [0.5, 0.6) is 0 Å². The van der Waals surface area contributed by atoms with Crippen molar-refractivity contribution in [3.8, 4) is 23.7 Å². The highest BCUT2D eigenvalue weighted by molar-refractivity contribution is 6.30. The van der Waals surface area contributed by atoms with Gasteiger partial charge in [-0.05, 0) is 12.1 Å². The molecular weight excluding hydrogens is 872 g/mol. The lowest BCUT2D eigenvalue weighted by molar-refractivity contribution is -0.243. The molecule has 0 bridgehead atoms. The quantitative estimate of drug-likeness (QED) is 0.158. The summed E-state index contributed by atoms with van der Waals surface area (Å²) in [5.41, 5.74) is -0.404. The molecule has 20 heteroatoms. The molecule has 0 amide bonds. The van der Waals surface area contributed by atoms with Gasteiger partial charge in [0.05, 0.1) is 0 Å². The van der Waals surface area contributed by atoms with Crippen LogP contribution in [0.25, 0.3) is 0 Å². The highest BCUT2D eigenvalue weighted by Gasteiger charge is 2.53. The van der Waals surface area contributed by atoms with Gasteiger partial charge >= 0.3 is 47.8 Å².